The summed E-state index contributed by atoms with van der Waals surface area (Å²) in [6.45, 7) is 1.43. The zero-order valence-electron chi connectivity index (χ0n) is 23.0. The molecule has 2 saturated heterocycles. The largest absolute Gasteiger partial charge is 0.484 e. The Morgan fingerprint density at radius 1 is 0.634 bits per heavy atom. The molecule has 41 heavy (non-hydrogen) atoms. The topological polar surface area (TPSA) is 63.2 Å². The molecule has 7 rings (SSSR count). The van der Waals surface area contributed by atoms with E-state index in [0.717, 1.165) is 72.8 Å². The Bertz CT molecular complexity index is 1520. The van der Waals surface area contributed by atoms with Gasteiger partial charge in [0.2, 0.25) is 0 Å². The lowest BCUT2D eigenvalue weighted by atomic mass is 9.80. The molecule has 210 valence electrons. The highest BCUT2D eigenvalue weighted by Crippen LogP contribution is 2.46. The van der Waals surface area contributed by atoms with Crippen molar-refractivity contribution in [3.63, 3.8) is 0 Å². The number of carbonyl (C=O) groups excluding carboxylic acids is 1. The number of hydrogen-bond donors (Lipinski definition) is 0. The van der Waals surface area contributed by atoms with Crippen LogP contribution in [0.1, 0.15) is 72.0 Å². The van der Waals surface area contributed by atoms with Crippen LogP contribution in [0, 0.1) is 0 Å². The van der Waals surface area contributed by atoms with Crippen LogP contribution in [0.3, 0.4) is 0 Å². The minimum absolute atomic E-state index is 0.0224. The number of hydrogen-bond acceptors (Lipinski definition) is 6. The Kier molecular flexibility index (Phi) is 7.34. The van der Waals surface area contributed by atoms with Gasteiger partial charge in [0.1, 0.15) is 23.4 Å². The molecule has 0 aromatic heterocycles. The predicted molar refractivity (Wildman–Crippen MR) is 156 cm³/mol. The highest BCUT2D eigenvalue weighted by molar-refractivity contribution is 6.05. The normalized spacial score (nSPS) is 24.3. The van der Waals surface area contributed by atoms with E-state index < -0.39 is 12.0 Å². The van der Waals surface area contributed by atoms with Crippen molar-refractivity contribution in [1.29, 1.82) is 0 Å². The first-order valence-corrected chi connectivity index (χ1v) is 14.7. The first-order valence-electron chi connectivity index (χ1n) is 14.7. The Labute approximate surface area is 240 Å². The Morgan fingerprint density at radius 2 is 1.29 bits per heavy atom. The molecule has 2 fully saturated rings. The molecule has 0 aliphatic carbocycles. The molecular weight excluding hydrogens is 516 g/mol. The lowest BCUT2D eigenvalue weighted by Crippen LogP contribution is -2.30. The zero-order chi connectivity index (χ0) is 27.6. The van der Waals surface area contributed by atoms with Gasteiger partial charge >= 0.3 is 0 Å². The standard InChI is InChI=1S/C35H34O6/c36-34-29-18-17-28(40-32-10-4-6-20-38-32)22-30(29)41-35(26-12-11-23-7-1-2-8-25(23)21-26)33(34)24-13-15-27(16-14-24)39-31-9-3-5-19-37-31/h1-2,7-8,11-18,21-22,31-33,35H,3-6,9-10,19-20H2/t31?,32?,33-,35+/m1/s1. The van der Waals surface area contributed by atoms with Crippen LogP contribution in [0.4, 0.5) is 0 Å². The number of rotatable bonds is 6. The molecular formula is C35H34O6. The Morgan fingerprint density at radius 3 is 2.00 bits per heavy atom. The molecule has 0 saturated carbocycles. The summed E-state index contributed by atoms with van der Waals surface area (Å²) in [4.78, 5) is 14.2. The van der Waals surface area contributed by atoms with Crippen LogP contribution in [0.25, 0.3) is 10.8 Å². The number of benzene rings is 4. The van der Waals surface area contributed by atoms with Gasteiger partial charge in [0.25, 0.3) is 0 Å². The molecule has 4 aromatic carbocycles. The number of carbonyl (C=O) groups is 1. The second-order valence-electron chi connectivity index (χ2n) is 11.0. The summed E-state index contributed by atoms with van der Waals surface area (Å²) in [7, 11) is 0. The van der Waals surface area contributed by atoms with Crippen molar-refractivity contribution in [2.24, 2.45) is 0 Å². The molecule has 4 atom stereocenters. The van der Waals surface area contributed by atoms with E-state index in [1.807, 2.05) is 54.6 Å². The Balaban J connectivity index is 1.22. The average molecular weight is 551 g/mol. The van der Waals surface area contributed by atoms with Gasteiger partial charge in [-0.2, -0.15) is 0 Å². The number of ether oxygens (including phenoxy) is 5. The highest BCUT2D eigenvalue weighted by Gasteiger charge is 2.40. The van der Waals surface area contributed by atoms with E-state index in [0.29, 0.717) is 23.7 Å². The minimum atomic E-state index is -0.517. The maximum Gasteiger partial charge on any atom is 0.199 e. The van der Waals surface area contributed by atoms with Crippen LogP contribution < -0.4 is 14.2 Å². The van der Waals surface area contributed by atoms with Gasteiger partial charge in [0, 0.05) is 18.9 Å². The van der Waals surface area contributed by atoms with Crippen molar-refractivity contribution >= 4 is 16.6 Å². The van der Waals surface area contributed by atoms with E-state index >= 15 is 0 Å². The monoisotopic (exact) mass is 550 g/mol. The fourth-order valence-electron chi connectivity index (χ4n) is 6.02. The van der Waals surface area contributed by atoms with Gasteiger partial charge in [0.15, 0.2) is 18.4 Å². The first-order chi connectivity index (χ1) is 20.2. The van der Waals surface area contributed by atoms with Crippen LogP contribution in [0.5, 0.6) is 17.2 Å². The van der Waals surface area contributed by atoms with E-state index in [2.05, 4.69) is 30.3 Å². The summed E-state index contributed by atoms with van der Waals surface area (Å²) in [5, 5.41) is 2.25. The molecule has 6 heteroatoms. The lowest BCUT2D eigenvalue weighted by molar-refractivity contribution is -0.106. The van der Waals surface area contributed by atoms with Crippen LogP contribution in [-0.2, 0) is 9.47 Å². The fraction of sp³-hybridized carbons (Fsp3) is 0.343. The first kappa shape index (κ1) is 26.1. The molecule has 0 radical (unpaired) electrons. The van der Waals surface area contributed by atoms with Crippen LogP contribution >= 0.6 is 0 Å². The van der Waals surface area contributed by atoms with E-state index in [1.165, 1.54) is 0 Å². The Hall–Kier alpha value is -3.87. The quantitative estimate of drug-likeness (QED) is 0.245. The SMILES string of the molecule is O=C1c2ccc(OC3CCCCO3)cc2O[C@@H](c2ccc3ccccc3c2)[C@@H]1c1ccc(OC2CCCCO2)cc1. The number of ketones is 1. The van der Waals surface area contributed by atoms with Gasteiger partial charge < -0.3 is 23.7 Å². The molecule has 4 aromatic rings. The van der Waals surface area contributed by atoms with E-state index in [9.17, 15) is 4.79 Å². The minimum Gasteiger partial charge on any atom is -0.484 e. The summed E-state index contributed by atoms with van der Waals surface area (Å²) in [6, 6.07) is 27.8. The summed E-state index contributed by atoms with van der Waals surface area (Å²) in [6.07, 6.45) is 5.04. The number of Topliss-reactive ketones (excluding diaryl/α,β-unsaturated/α-hetero) is 1. The van der Waals surface area contributed by atoms with E-state index in [1.54, 1.807) is 0 Å². The number of fused-ring (bicyclic) bond motifs is 2. The fourth-order valence-corrected chi connectivity index (χ4v) is 6.02. The summed E-state index contributed by atoms with van der Waals surface area (Å²) in [5.74, 6) is 1.42. The van der Waals surface area contributed by atoms with Crippen molar-refractivity contribution in [1.82, 2.24) is 0 Å². The van der Waals surface area contributed by atoms with Gasteiger partial charge in [-0.1, -0.05) is 48.5 Å². The maximum absolute atomic E-state index is 14.2. The third kappa shape index (κ3) is 5.54. The lowest BCUT2D eigenvalue weighted by Gasteiger charge is -2.34. The van der Waals surface area contributed by atoms with E-state index in [4.69, 9.17) is 23.7 Å². The van der Waals surface area contributed by atoms with Crippen molar-refractivity contribution in [3.05, 3.63) is 102 Å². The molecule has 2 unspecified atom stereocenters. The molecule has 0 bridgehead atoms. The van der Waals surface area contributed by atoms with E-state index in [-0.39, 0.29) is 18.4 Å². The molecule has 3 aliphatic heterocycles. The molecule has 6 nitrogen and oxygen atoms in total. The molecule has 0 amide bonds. The van der Waals surface area contributed by atoms with Crippen molar-refractivity contribution in [3.8, 4) is 17.2 Å². The highest BCUT2D eigenvalue weighted by atomic mass is 16.7. The zero-order valence-corrected chi connectivity index (χ0v) is 23.0. The second-order valence-corrected chi connectivity index (χ2v) is 11.0. The predicted octanol–water partition coefficient (Wildman–Crippen LogP) is 7.75. The van der Waals surface area contributed by atoms with Gasteiger partial charge in [-0.25, -0.2) is 0 Å². The third-order valence-electron chi connectivity index (χ3n) is 8.21. The van der Waals surface area contributed by atoms with Crippen LogP contribution in [0.15, 0.2) is 84.9 Å². The molecule has 0 spiro atoms. The third-order valence-corrected chi connectivity index (χ3v) is 8.21. The van der Waals surface area contributed by atoms with Gasteiger partial charge in [-0.05, 0) is 77.9 Å². The molecule has 3 heterocycles. The maximum atomic E-state index is 14.2. The van der Waals surface area contributed by atoms with Crippen molar-refractivity contribution in [2.75, 3.05) is 13.2 Å². The van der Waals surface area contributed by atoms with Crippen LogP contribution in [-0.4, -0.2) is 31.6 Å². The molecule has 0 N–H and O–H groups in total. The van der Waals surface area contributed by atoms with Crippen LogP contribution in [0.2, 0.25) is 0 Å². The van der Waals surface area contributed by atoms with Gasteiger partial charge in [0.05, 0.1) is 24.7 Å². The van der Waals surface area contributed by atoms with Crippen molar-refractivity contribution < 1.29 is 28.5 Å². The van der Waals surface area contributed by atoms with Gasteiger partial charge in [-0.15, -0.1) is 0 Å². The summed E-state index contributed by atoms with van der Waals surface area (Å²) >= 11 is 0. The molecule has 3 aliphatic rings. The summed E-state index contributed by atoms with van der Waals surface area (Å²) < 4.78 is 30.4. The van der Waals surface area contributed by atoms with Gasteiger partial charge in [-0.3, -0.25) is 4.79 Å². The summed E-state index contributed by atoms with van der Waals surface area (Å²) in [5.41, 5.74) is 2.39. The smallest absolute Gasteiger partial charge is 0.199 e. The second kappa shape index (κ2) is 11.6. The van der Waals surface area contributed by atoms with Crippen molar-refractivity contribution in [2.45, 2.75) is 63.1 Å². The average Bonchev–Trinajstić information content (AvgIpc) is 3.02.